The predicted octanol–water partition coefficient (Wildman–Crippen LogP) is -1.49. The molecule has 23 heavy (non-hydrogen) atoms. The van der Waals surface area contributed by atoms with E-state index in [2.05, 4.69) is 0 Å². The quantitative estimate of drug-likeness (QED) is 0.245. The predicted molar refractivity (Wildman–Crippen MR) is 83.6 cm³/mol. The Morgan fingerprint density at radius 1 is 0.957 bits per heavy atom. The molecule has 0 aliphatic rings. The summed E-state index contributed by atoms with van der Waals surface area (Å²) < 4.78 is 0. The van der Waals surface area contributed by atoms with Gasteiger partial charge in [0.25, 0.3) is 0 Å². The number of hydrogen-bond donors (Lipinski definition) is 7. The Labute approximate surface area is 134 Å². The van der Waals surface area contributed by atoms with Crippen molar-refractivity contribution in [3.05, 3.63) is 0 Å². The average molecular weight is 336 g/mol. The third kappa shape index (κ3) is 12.5. The van der Waals surface area contributed by atoms with Gasteiger partial charge in [0, 0.05) is 0 Å². The Kier molecular flexibility index (Phi) is 12.0. The highest BCUT2D eigenvalue weighted by atomic mass is 16.4. The molecule has 0 aliphatic carbocycles. The second kappa shape index (κ2) is 11.8. The minimum absolute atomic E-state index is 0.246. The van der Waals surface area contributed by atoms with Crippen molar-refractivity contribution in [3.63, 3.8) is 0 Å². The third-order valence-electron chi connectivity index (χ3n) is 3.05. The van der Waals surface area contributed by atoms with Crippen LogP contribution in [0.3, 0.4) is 0 Å². The van der Waals surface area contributed by atoms with Gasteiger partial charge in [-0.2, -0.15) is 0 Å². The molecule has 0 fully saturated rings. The highest BCUT2D eigenvalue weighted by Gasteiger charge is 2.26. The number of carbonyl (C=O) groups is 3. The van der Waals surface area contributed by atoms with Gasteiger partial charge < -0.3 is 38.3 Å². The zero-order valence-corrected chi connectivity index (χ0v) is 13.3. The molecule has 0 bridgehead atoms. The fourth-order valence-electron chi connectivity index (χ4n) is 1.38. The minimum atomic E-state index is -1.11. The molecule has 136 valence electrons. The topological polar surface area (TPSA) is 216 Å². The fraction of sp³-hybridized carbons (Fsp3) is 0.769. The molecule has 0 heterocycles. The van der Waals surface area contributed by atoms with E-state index in [1.807, 2.05) is 0 Å². The summed E-state index contributed by atoms with van der Waals surface area (Å²) in [6.45, 7) is 1.98. The van der Waals surface area contributed by atoms with Crippen molar-refractivity contribution in [3.8, 4) is 0 Å². The lowest BCUT2D eigenvalue weighted by Gasteiger charge is -2.17. The molecule has 0 aromatic rings. The van der Waals surface area contributed by atoms with Crippen molar-refractivity contribution in [1.82, 2.24) is 0 Å². The maximum atomic E-state index is 10.4. The van der Waals surface area contributed by atoms with Crippen molar-refractivity contribution in [1.29, 1.82) is 0 Å². The van der Waals surface area contributed by atoms with Crippen LogP contribution < -0.4 is 22.9 Å². The van der Waals surface area contributed by atoms with Crippen LogP contribution in [0, 0.1) is 0 Å². The monoisotopic (exact) mass is 336 g/mol. The van der Waals surface area contributed by atoms with Crippen LogP contribution in [0.25, 0.3) is 0 Å². The zero-order chi connectivity index (χ0) is 18.6. The van der Waals surface area contributed by atoms with Gasteiger partial charge in [-0.05, 0) is 45.6 Å². The fourth-order valence-corrected chi connectivity index (χ4v) is 1.38. The second-order valence-electron chi connectivity index (χ2n) is 5.44. The molecular weight excluding hydrogens is 308 g/mol. The van der Waals surface area contributed by atoms with E-state index in [1.165, 1.54) is 6.92 Å². The first kappa shape index (κ1) is 23.5. The lowest BCUT2D eigenvalue weighted by molar-refractivity contribution is -0.143. The average Bonchev–Trinajstić information content (AvgIpc) is 2.45. The van der Waals surface area contributed by atoms with E-state index in [0.717, 1.165) is 0 Å². The van der Waals surface area contributed by atoms with Gasteiger partial charge in [-0.1, -0.05) is 0 Å². The van der Waals surface area contributed by atoms with Gasteiger partial charge in [0.1, 0.15) is 17.6 Å². The number of nitrogens with two attached hydrogens (primary N) is 4. The molecule has 0 aliphatic heterocycles. The zero-order valence-electron chi connectivity index (χ0n) is 13.3. The van der Waals surface area contributed by atoms with Gasteiger partial charge >= 0.3 is 17.9 Å². The number of rotatable bonds is 10. The highest BCUT2D eigenvalue weighted by molar-refractivity contribution is 5.77. The summed E-state index contributed by atoms with van der Waals surface area (Å²) in [5.41, 5.74) is 19.8. The van der Waals surface area contributed by atoms with Gasteiger partial charge in [-0.15, -0.1) is 0 Å². The van der Waals surface area contributed by atoms with Gasteiger partial charge in [0.2, 0.25) is 0 Å². The maximum Gasteiger partial charge on any atom is 0.323 e. The summed E-state index contributed by atoms with van der Waals surface area (Å²) in [6.07, 6.45) is 1.98. The van der Waals surface area contributed by atoms with E-state index in [9.17, 15) is 14.4 Å². The lowest BCUT2D eigenvalue weighted by Crippen LogP contribution is -2.45. The van der Waals surface area contributed by atoms with E-state index in [1.54, 1.807) is 0 Å². The SMILES string of the molecule is C[C@](N)(CCCN)C(=O)O.NC(CCCC(N)C(=O)O)C(=O)O. The van der Waals surface area contributed by atoms with Crippen LogP contribution in [-0.2, 0) is 14.4 Å². The molecule has 2 unspecified atom stereocenters. The Morgan fingerprint density at radius 3 is 1.61 bits per heavy atom. The van der Waals surface area contributed by atoms with E-state index in [4.69, 9.17) is 38.3 Å². The first-order valence-electron chi connectivity index (χ1n) is 7.14. The van der Waals surface area contributed by atoms with Crippen molar-refractivity contribution in [2.45, 2.75) is 56.7 Å². The van der Waals surface area contributed by atoms with Gasteiger partial charge in [0.15, 0.2) is 0 Å². The Balaban J connectivity index is 0. The second-order valence-corrected chi connectivity index (χ2v) is 5.44. The number of hydrogen-bond acceptors (Lipinski definition) is 7. The van der Waals surface area contributed by atoms with Crippen LogP contribution in [0.4, 0.5) is 0 Å². The first-order chi connectivity index (χ1) is 10.5. The maximum absolute atomic E-state index is 10.4. The first-order valence-corrected chi connectivity index (χ1v) is 7.14. The summed E-state index contributed by atoms with van der Waals surface area (Å²) in [5, 5.41) is 25.3. The van der Waals surface area contributed by atoms with Crippen molar-refractivity contribution in [2.24, 2.45) is 22.9 Å². The van der Waals surface area contributed by atoms with Crippen LogP contribution in [0.1, 0.15) is 39.0 Å². The molecule has 0 aromatic heterocycles. The summed E-state index contributed by atoms with van der Waals surface area (Å²) >= 11 is 0. The van der Waals surface area contributed by atoms with Crippen LogP contribution in [-0.4, -0.2) is 57.4 Å². The van der Waals surface area contributed by atoms with Gasteiger partial charge in [-0.25, -0.2) is 0 Å². The van der Waals surface area contributed by atoms with Crippen molar-refractivity contribution >= 4 is 17.9 Å². The summed E-state index contributed by atoms with van der Waals surface area (Å²) in [7, 11) is 0. The smallest absolute Gasteiger partial charge is 0.323 e. The molecule has 10 nitrogen and oxygen atoms in total. The van der Waals surface area contributed by atoms with Crippen molar-refractivity contribution < 1.29 is 29.7 Å². The van der Waals surface area contributed by atoms with Gasteiger partial charge in [-0.3, -0.25) is 14.4 Å². The molecule has 0 amide bonds. The molecule has 0 saturated heterocycles. The Hall–Kier alpha value is -1.75. The Morgan fingerprint density at radius 2 is 1.35 bits per heavy atom. The minimum Gasteiger partial charge on any atom is -0.480 e. The number of carboxylic acid groups (broad SMARTS) is 3. The molecule has 0 aromatic carbocycles. The summed E-state index contributed by atoms with van der Waals surface area (Å²) in [4.78, 5) is 30.8. The molecule has 3 atom stereocenters. The number of aliphatic carboxylic acids is 3. The van der Waals surface area contributed by atoms with E-state index in [-0.39, 0.29) is 12.8 Å². The third-order valence-corrected chi connectivity index (χ3v) is 3.05. The lowest BCUT2D eigenvalue weighted by atomic mass is 9.98. The molecule has 0 saturated carbocycles. The van der Waals surface area contributed by atoms with Crippen LogP contribution in [0.2, 0.25) is 0 Å². The van der Waals surface area contributed by atoms with Crippen LogP contribution in [0.5, 0.6) is 0 Å². The van der Waals surface area contributed by atoms with Gasteiger partial charge in [0.05, 0.1) is 0 Å². The highest BCUT2D eigenvalue weighted by Crippen LogP contribution is 2.07. The number of carboxylic acids is 3. The molecule has 0 radical (unpaired) electrons. The van der Waals surface area contributed by atoms with Crippen LogP contribution >= 0.6 is 0 Å². The largest absolute Gasteiger partial charge is 0.480 e. The van der Waals surface area contributed by atoms with E-state index >= 15 is 0 Å². The molecular formula is C13H28N4O6. The van der Waals surface area contributed by atoms with E-state index in [0.29, 0.717) is 25.8 Å². The molecule has 10 heteroatoms. The van der Waals surface area contributed by atoms with E-state index < -0.39 is 35.5 Å². The summed E-state index contributed by atoms with van der Waals surface area (Å²) in [5.74, 6) is -3.13. The summed E-state index contributed by atoms with van der Waals surface area (Å²) in [6, 6.07) is -1.86. The van der Waals surface area contributed by atoms with Crippen LogP contribution in [0.15, 0.2) is 0 Å². The molecule has 0 rings (SSSR count). The Bertz CT molecular complexity index is 369. The molecule has 0 spiro atoms. The normalized spacial score (nSPS) is 15.5. The van der Waals surface area contributed by atoms with Crippen molar-refractivity contribution in [2.75, 3.05) is 6.54 Å². The molecule has 11 N–H and O–H groups in total. The standard InChI is InChI=1S/C7H14N2O4.C6H14N2O2/c8-4(6(10)11)2-1-3-5(9)7(12)13;1-6(8,5(9)10)3-2-4-7/h4-5H,1-3,8-9H2,(H,10,11)(H,12,13);2-4,7-8H2,1H3,(H,9,10)/t;6-/m.0/s1.